The van der Waals surface area contributed by atoms with Gasteiger partial charge >= 0.3 is 5.97 Å². The van der Waals surface area contributed by atoms with Gasteiger partial charge in [0, 0.05) is 0 Å². The molecule has 0 fully saturated rings. The van der Waals surface area contributed by atoms with Crippen LogP contribution in [0.4, 0.5) is 0 Å². The van der Waals surface area contributed by atoms with Gasteiger partial charge < -0.3 is 5.11 Å². The van der Waals surface area contributed by atoms with Gasteiger partial charge in [0.25, 0.3) is 0 Å². The van der Waals surface area contributed by atoms with Gasteiger partial charge in [-0.1, -0.05) is 84.1 Å². The first-order chi connectivity index (χ1) is 9.58. The standard InChI is InChI=1S/C16H14O2S2/c1-11-7-9-13(10-8-11)16(19)20-14(15(17)18)12-5-3-2-4-6-12/h2-10,14H,1H3,(H,17,18). The lowest BCUT2D eigenvalue weighted by molar-refractivity contribution is -0.136. The molecule has 0 aromatic heterocycles. The molecule has 0 amide bonds. The number of aryl methyl sites for hydroxylation is 1. The van der Waals surface area contributed by atoms with Gasteiger partial charge in [0.1, 0.15) is 5.25 Å². The summed E-state index contributed by atoms with van der Waals surface area (Å²) in [6.07, 6.45) is 0. The van der Waals surface area contributed by atoms with Crippen LogP contribution in [-0.2, 0) is 4.79 Å². The van der Waals surface area contributed by atoms with Crippen molar-refractivity contribution in [3.63, 3.8) is 0 Å². The zero-order valence-electron chi connectivity index (χ0n) is 10.9. The quantitative estimate of drug-likeness (QED) is 0.858. The Morgan fingerprint density at radius 1 is 1.10 bits per heavy atom. The predicted molar refractivity (Wildman–Crippen MR) is 87.3 cm³/mol. The lowest BCUT2D eigenvalue weighted by Gasteiger charge is -2.13. The Morgan fingerprint density at radius 3 is 2.25 bits per heavy atom. The second-order valence-corrected chi connectivity index (χ2v) is 6.18. The lowest BCUT2D eigenvalue weighted by Crippen LogP contribution is -2.10. The SMILES string of the molecule is Cc1ccc(C(=S)SC(C(=O)O)c2ccccc2)cc1. The predicted octanol–water partition coefficient (Wildman–Crippen LogP) is 4.23. The van der Waals surface area contributed by atoms with Crippen molar-refractivity contribution < 1.29 is 9.90 Å². The number of carboxylic acids is 1. The molecule has 0 spiro atoms. The molecule has 1 atom stereocenters. The van der Waals surface area contributed by atoms with E-state index in [1.165, 1.54) is 11.8 Å². The molecule has 1 unspecified atom stereocenters. The third-order valence-electron chi connectivity index (χ3n) is 2.84. The van der Waals surface area contributed by atoms with E-state index in [9.17, 15) is 9.90 Å². The van der Waals surface area contributed by atoms with Crippen LogP contribution in [0.1, 0.15) is 21.9 Å². The number of thiocarbonyl (C=S) groups is 1. The highest BCUT2D eigenvalue weighted by molar-refractivity contribution is 8.24. The second kappa shape index (κ2) is 6.68. The first-order valence-corrected chi connectivity index (χ1v) is 7.42. The Balaban J connectivity index is 2.19. The number of carbonyl (C=O) groups is 1. The number of thioether (sulfide) groups is 1. The molecule has 0 saturated heterocycles. The molecule has 0 bridgehead atoms. The molecule has 4 heteroatoms. The van der Waals surface area contributed by atoms with Crippen LogP contribution in [0.3, 0.4) is 0 Å². The Kier molecular flexibility index (Phi) is 4.93. The van der Waals surface area contributed by atoms with E-state index in [0.29, 0.717) is 4.20 Å². The number of aliphatic carboxylic acids is 1. The van der Waals surface area contributed by atoms with E-state index in [1.807, 2.05) is 61.5 Å². The summed E-state index contributed by atoms with van der Waals surface area (Å²) in [5.74, 6) is -0.879. The number of carboxylic acid groups (broad SMARTS) is 1. The minimum atomic E-state index is -0.879. The maximum absolute atomic E-state index is 11.4. The van der Waals surface area contributed by atoms with Crippen molar-refractivity contribution in [2.45, 2.75) is 12.2 Å². The molecule has 20 heavy (non-hydrogen) atoms. The number of benzene rings is 2. The molecule has 0 aliphatic heterocycles. The molecule has 1 N–H and O–H groups in total. The van der Waals surface area contributed by atoms with Crippen LogP contribution in [-0.4, -0.2) is 15.3 Å². The van der Waals surface area contributed by atoms with Gasteiger partial charge in [0.15, 0.2) is 0 Å². The Hall–Kier alpha value is -1.65. The van der Waals surface area contributed by atoms with Crippen molar-refractivity contribution in [2.24, 2.45) is 0 Å². The minimum Gasteiger partial charge on any atom is -0.480 e. The fraction of sp³-hybridized carbons (Fsp3) is 0.125. The Morgan fingerprint density at radius 2 is 1.70 bits per heavy atom. The van der Waals surface area contributed by atoms with E-state index < -0.39 is 11.2 Å². The molecule has 0 aliphatic rings. The fourth-order valence-electron chi connectivity index (χ4n) is 1.75. The molecule has 0 radical (unpaired) electrons. The fourth-order valence-corrected chi connectivity index (χ4v) is 3.06. The maximum Gasteiger partial charge on any atom is 0.321 e. The van der Waals surface area contributed by atoms with Gasteiger partial charge in [0.05, 0.1) is 4.20 Å². The molecule has 0 heterocycles. The Labute approximate surface area is 127 Å². The zero-order chi connectivity index (χ0) is 14.5. The number of rotatable bonds is 4. The topological polar surface area (TPSA) is 37.3 Å². The van der Waals surface area contributed by atoms with Crippen molar-refractivity contribution in [3.05, 3.63) is 71.3 Å². The average molecular weight is 302 g/mol. The molecule has 2 aromatic carbocycles. The molecule has 0 saturated carbocycles. The third-order valence-corrected chi connectivity index (χ3v) is 4.52. The molecule has 2 nitrogen and oxygen atoms in total. The summed E-state index contributed by atoms with van der Waals surface area (Å²) in [7, 11) is 0. The van der Waals surface area contributed by atoms with Crippen LogP contribution in [0.15, 0.2) is 54.6 Å². The largest absolute Gasteiger partial charge is 0.480 e. The van der Waals surface area contributed by atoms with Crippen molar-refractivity contribution in [1.82, 2.24) is 0 Å². The van der Waals surface area contributed by atoms with Gasteiger partial charge in [-0.3, -0.25) is 4.79 Å². The summed E-state index contributed by atoms with van der Waals surface area (Å²) in [4.78, 5) is 11.4. The molecular weight excluding hydrogens is 288 g/mol. The van der Waals surface area contributed by atoms with Gasteiger partial charge in [-0.2, -0.15) is 0 Å². The summed E-state index contributed by atoms with van der Waals surface area (Å²) >= 11 is 6.56. The van der Waals surface area contributed by atoms with Crippen molar-refractivity contribution >= 4 is 34.1 Å². The summed E-state index contributed by atoms with van der Waals surface area (Å²) < 4.78 is 0.598. The smallest absolute Gasteiger partial charge is 0.321 e. The number of hydrogen-bond acceptors (Lipinski definition) is 3. The van der Waals surface area contributed by atoms with E-state index in [-0.39, 0.29) is 0 Å². The molecule has 0 aliphatic carbocycles. The minimum absolute atomic E-state index is 0.598. The first-order valence-electron chi connectivity index (χ1n) is 6.13. The highest BCUT2D eigenvalue weighted by atomic mass is 32.2. The van der Waals surface area contributed by atoms with E-state index >= 15 is 0 Å². The van der Waals surface area contributed by atoms with Crippen LogP contribution in [0.5, 0.6) is 0 Å². The Bertz CT molecular complexity index is 606. The first kappa shape index (κ1) is 14.8. The second-order valence-electron chi connectivity index (χ2n) is 4.40. The molecular formula is C16H14O2S2. The molecule has 2 aromatic rings. The van der Waals surface area contributed by atoms with Crippen molar-refractivity contribution in [1.29, 1.82) is 0 Å². The van der Waals surface area contributed by atoms with E-state index in [0.717, 1.165) is 16.7 Å². The van der Waals surface area contributed by atoms with Gasteiger partial charge in [-0.05, 0) is 18.1 Å². The molecule has 102 valence electrons. The third kappa shape index (κ3) is 3.68. The summed E-state index contributed by atoms with van der Waals surface area (Å²) in [5.41, 5.74) is 2.79. The van der Waals surface area contributed by atoms with Gasteiger partial charge in [-0.25, -0.2) is 0 Å². The summed E-state index contributed by atoms with van der Waals surface area (Å²) in [6.45, 7) is 2.00. The van der Waals surface area contributed by atoms with Crippen molar-refractivity contribution in [3.8, 4) is 0 Å². The van der Waals surface area contributed by atoms with E-state index in [2.05, 4.69) is 0 Å². The van der Waals surface area contributed by atoms with E-state index in [1.54, 1.807) is 0 Å². The zero-order valence-corrected chi connectivity index (χ0v) is 12.6. The van der Waals surface area contributed by atoms with Crippen LogP contribution in [0, 0.1) is 6.92 Å². The summed E-state index contributed by atoms with van der Waals surface area (Å²) in [6, 6.07) is 16.9. The normalized spacial score (nSPS) is 11.8. The summed E-state index contributed by atoms with van der Waals surface area (Å²) in [5, 5.41) is 8.71. The van der Waals surface area contributed by atoms with Crippen molar-refractivity contribution in [2.75, 3.05) is 0 Å². The highest BCUT2D eigenvalue weighted by Crippen LogP contribution is 2.32. The van der Waals surface area contributed by atoms with Crippen LogP contribution < -0.4 is 0 Å². The maximum atomic E-state index is 11.4. The number of hydrogen-bond donors (Lipinski definition) is 1. The lowest BCUT2D eigenvalue weighted by atomic mass is 10.1. The monoisotopic (exact) mass is 302 g/mol. The highest BCUT2D eigenvalue weighted by Gasteiger charge is 2.22. The van der Waals surface area contributed by atoms with E-state index in [4.69, 9.17) is 12.2 Å². The van der Waals surface area contributed by atoms with Crippen LogP contribution >= 0.6 is 24.0 Å². The van der Waals surface area contributed by atoms with Crippen LogP contribution in [0.2, 0.25) is 0 Å². The van der Waals surface area contributed by atoms with Gasteiger partial charge in [0.2, 0.25) is 0 Å². The molecule has 2 rings (SSSR count). The average Bonchev–Trinajstić information content (AvgIpc) is 2.46. The van der Waals surface area contributed by atoms with Gasteiger partial charge in [-0.15, -0.1) is 0 Å². The van der Waals surface area contributed by atoms with Crippen LogP contribution in [0.25, 0.3) is 0 Å².